The molecule has 33 heavy (non-hydrogen) atoms. The number of aromatic nitrogens is 2. The minimum atomic E-state index is -0.0855. The fraction of sp³-hybridized carbons (Fsp3) is 0.423. The number of rotatable bonds is 4. The number of urea groups is 1. The van der Waals surface area contributed by atoms with Crippen LogP contribution in [0.4, 0.5) is 10.6 Å². The van der Waals surface area contributed by atoms with Crippen LogP contribution in [0.1, 0.15) is 37.7 Å². The molecule has 2 amide bonds. The Morgan fingerprint density at radius 2 is 1.61 bits per heavy atom. The summed E-state index contributed by atoms with van der Waals surface area (Å²) in [6.45, 7) is 2.88. The molecule has 3 aromatic rings. The molecule has 0 radical (unpaired) electrons. The largest absolute Gasteiger partial charge is 0.348 e. The van der Waals surface area contributed by atoms with Gasteiger partial charge in [0, 0.05) is 32.2 Å². The van der Waals surface area contributed by atoms with Crippen LogP contribution in [0.5, 0.6) is 0 Å². The van der Waals surface area contributed by atoms with Crippen LogP contribution in [-0.4, -0.2) is 52.7 Å². The SMILES string of the molecule is O=C(NC1CCCCC1)N1CCN(c2nc3ccccc3n(Cc3ccccc3)c2=O)CC1. The molecule has 2 fully saturated rings. The van der Waals surface area contributed by atoms with Crippen molar-refractivity contribution in [3.05, 3.63) is 70.5 Å². The first-order valence-electron chi connectivity index (χ1n) is 12.0. The fourth-order valence-corrected chi connectivity index (χ4v) is 4.94. The Hall–Kier alpha value is -3.35. The highest BCUT2D eigenvalue weighted by molar-refractivity contribution is 5.77. The third-order valence-corrected chi connectivity index (χ3v) is 6.82. The summed E-state index contributed by atoms with van der Waals surface area (Å²) in [5, 5.41) is 3.20. The number of anilines is 1. The Balaban J connectivity index is 1.34. The zero-order valence-electron chi connectivity index (χ0n) is 18.9. The number of carbonyl (C=O) groups excluding carboxylic acids is 1. The van der Waals surface area contributed by atoms with Crippen LogP contribution in [0.15, 0.2) is 59.4 Å². The van der Waals surface area contributed by atoms with E-state index in [-0.39, 0.29) is 11.6 Å². The number of fused-ring (bicyclic) bond motifs is 1. The second-order valence-corrected chi connectivity index (χ2v) is 9.06. The molecule has 7 heteroatoms. The Kier molecular flexibility index (Phi) is 6.28. The Labute approximate surface area is 194 Å². The third kappa shape index (κ3) is 4.72. The van der Waals surface area contributed by atoms with Crippen LogP contribution in [0.2, 0.25) is 0 Å². The predicted molar refractivity (Wildman–Crippen MR) is 131 cm³/mol. The number of nitrogens with one attached hydrogen (secondary N) is 1. The summed E-state index contributed by atoms with van der Waals surface area (Å²) in [6.07, 6.45) is 5.82. The van der Waals surface area contributed by atoms with Crippen LogP contribution >= 0.6 is 0 Å². The highest BCUT2D eigenvalue weighted by Crippen LogP contribution is 2.19. The lowest BCUT2D eigenvalue weighted by molar-refractivity contribution is 0.186. The van der Waals surface area contributed by atoms with Gasteiger partial charge in [-0.25, -0.2) is 9.78 Å². The maximum Gasteiger partial charge on any atom is 0.317 e. The van der Waals surface area contributed by atoms with E-state index in [1.807, 2.05) is 69.0 Å². The standard InChI is InChI=1S/C26H31N5O2/c32-25-24(29-15-17-30(18-16-29)26(33)27-21-11-5-2-6-12-21)28-22-13-7-8-14-23(22)31(25)19-20-9-3-1-4-10-20/h1,3-4,7-10,13-14,21H,2,5-6,11-12,15-19H2,(H,27,33). The van der Waals surface area contributed by atoms with Gasteiger partial charge in [-0.15, -0.1) is 0 Å². The lowest BCUT2D eigenvalue weighted by atomic mass is 9.96. The maximum absolute atomic E-state index is 13.5. The molecular formula is C26H31N5O2. The van der Waals surface area contributed by atoms with Crippen LogP contribution < -0.4 is 15.8 Å². The molecule has 0 atom stereocenters. The van der Waals surface area contributed by atoms with Gasteiger partial charge in [-0.1, -0.05) is 61.7 Å². The summed E-state index contributed by atoms with van der Waals surface area (Å²) in [6, 6.07) is 18.1. The van der Waals surface area contributed by atoms with Crippen molar-refractivity contribution >= 4 is 22.9 Å². The third-order valence-electron chi connectivity index (χ3n) is 6.82. The zero-order chi connectivity index (χ0) is 22.6. The highest BCUT2D eigenvalue weighted by atomic mass is 16.2. The summed E-state index contributed by atoms with van der Waals surface area (Å²) in [7, 11) is 0. The van der Waals surface area contributed by atoms with Crippen molar-refractivity contribution < 1.29 is 4.79 Å². The molecule has 0 spiro atoms. The summed E-state index contributed by atoms with van der Waals surface area (Å²) in [5.74, 6) is 0.469. The first-order valence-corrected chi connectivity index (χ1v) is 12.0. The number of nitrogens with zero attached hydrogens (tertiary/aromatic N) is 4. The van der Waals surface area contributed by atoms with E-state index in [2.05, 4.69) is 5.32 Å². The quantitative estimate of drug-likeness (QED) is 0.666. The van der Waals surface area contributed by atoms with Crippen molar-refractivity contribution in [1.29, 1.82) is 0 Å². The summed E-state index contributed by atoms with van der Waals surface area (Å²) >= 11 is 0. The molecule has 2 aliphatic rings. The lowest BCUT2D eigenvalue weighted by Gasteiger charge is -2.36. The van der Waals surface area contributed by atoms with Gasteiger partial charge in [0.25, 0.3) is 5.56 Å². The van der Waals surface area contributed by atoms with E-state index < -0.39 is 0 Å². The molecule has 2 heterocycles. The lowest BCUT2D eigenvalue weighted by Crippen LogP contribution is -2.54. The summed E-state index contributed by atoms with van der Waals surface area (Å²) in [5.41, 5.74) is 2.63. The fourth-order valence-electron chi connectivity index (χ4n) is 4.94. The van der Waals surface area contributed by atoms with E-state index in [9.17, 15) is 9.59 Å². The highest BCUT2D eigenvalue weighted by Gasteiger charge is 2.26. The predicted octanol–water partition coefficient (Wildman–Crippen LogP) is 3.61. The molecule has 1 aromatic heterocycles. The van der Waals surface area contributed by atoms with Gasteiger partial charge in [-0.3, -0.25) is 9.36 Å². The Bertz CT molecular complexity index is 1160. The zero-order valence-corrected chi connectivity index (χ0v) is 18.9. The number of hydrogen-bond donors (Lipinski definition) is 1. The molecule has 1 aliphatic carbocycles. The van der Waals surface area contributed by atoms with E-state index in [0.717, 1.165) is 29.4 Å². The van der Waals surface area contributed by atoms with Gasteiger partial charge in [0.1, 0.15) is 0 Å². The normalized spacial score (nSPS) is 17.3. The number of hydrogen-bond acceptors (Lipinski definition) is 4. The van der Waals surface area contributed by atoms with Crippen molar-refractivity contribution in [2.24, 2.45) is 0 Å². The van der Waals surface area contributed by atoms with Gasteiger partial charge < -0.3 is 15.1 Å². The van der Waals surface area contributed by atoms with Crippen molar-refractivity contribution in [2.45, 2.75) is 44.7 Å². The maximum atomic E-state index is 13.5. The minimum Gasteiger partial charge on any atom is -0.348 e. The van der Waals surface area contributed by atoms with Gasteiger partial charge >= 0.3 is 6.03 Å². The molecule has 1 saturated carbocycles. The van der Waals surface area contributed by atoms with Crippen LogP contribution in [-0.2, 0) is 6.54 Å². The molecule has 2 aromatic carbocycles. The number of piperazine rings is 1. The topological polar surface area (TPSA) is 70.5 Å². The second-order valence-electron chi connectivity index (χ2n) is 9.06. The average Bonchev–Trinajstić information content (AvgIpc) is 2.87. The van der Waals surface area contributed by atoms with Gasteiger partial charge in [-0.05, 0) is 30.5 Å². The van der Waals surface area contributed by atoms with Crippen LogP contribution in [0.3, 0.4) is 0 Å². The molecular weight excluding hydrogens is 414 g/mol. The molecule has 7 nitrogen and oxygen atoms in total. The molecule has 1 aliphatic heterocycles. The van der Waals surface area contributed by atoms with Crippen molar-refractivity contribution in [2.75, 3.05) is 31.1 Å². The van der Waals surface area contributed by atoms with E-state index in [1.165, 1.54) is 19.3 Å². The average molecular weight is 446 g/mol. The number of carbonyl (C=O) groups is 1. The van der Waals surface area contributed by atoms with Crippen molar-refractivity contribution in [3.8, 4) is 0 Å². The molecule has 0 unspecified atom stereocenters. The van der Waals surface area contributed by atoms with E-state index in [1.54, 1.807) is 0 Å². The van der Waals surface area contributed by atoms with Crippen molar-refractivity contribution in [3.63, 3.8) is 0 Å². The van der Waals surface area contributed by atoms with Crippen LogP contribution in [0, 0.1) is 0 Å². The number of amides is 2. The summed E-state index contributed by atoms with van der Waals surface area (Å²) in [4.78, 5) is 34.9. The van der Waals surface area contributed by atoms with Gasteiger partial charge in [0.2, 0.25) is 0 Å². The Morgan fingerprint density at radius 3 is 2.36 bits per heavy atom. The Morgan fingerprint density at radius 1 is 0.909 bits per heavy atom. The minimum absolute atomic E-state index is 0.0227. The second kappa shape index (κ2) is 9.65. The van der Waals surface area contributed by atoms with E-state index >= 15 is 0 Å². The number of benzene rings is 2. The van der Waals surface area contributed by atoms with Crippen molar-refractivity contribution in [1.82, 2.24) is 19.8 Å². The van der Waals surface area contributed by atoms with Gasteiger partial charge in [0.15, 0.2) is 5.82 Å². The number of para-hydroxylation sites is 2. The molecule has 0 bridgehead atoms. The monoisotopic (exact) mass is 445 g/mol. The van der Waals surface area contributed by atoms with E-state index in [4.69, 9.17) is 4.98 Å². The van der Waals surface area contributed by atoms with E-state index in [0.29, 0.717) is 44.6 Å². The van der Waals surface area contributed by atoms with Crippen LogP contribution in [0.25, 0.3) is 11.0 Å². The van der Waals surface area contributed by atoms with Gasteiger partial charge in [-0.2, -0.15) is 0 Å². The molecule has 172 valence electrons. The van der Waals surface area contributed by atoms with Gasteiger partial charge in [0.05, 0.1) is 17.6 Å². The molecule has 1 N–H and O–H groups in total. The smallest absolute Gasteiger partial charge is 0.317 e. The first kappa shape index (κ1) is 21.5. The first-order chi connectivity index (χ1) is 16.2. The molecule has 1 saturated heterocycles. The molecule has 5 rings (SSSR count). The summed E-state index contributed by atoms with van der Waals surface area (Å²) < 4.78 is 1.81.